The number of Topliss-reactive ketones (excluding diaryl/α,β-unsaturated/α-hetero) is 2. The van der Waals surface area contributed by atoms with Crippen molar-refractivity contribution in [2.24, 2.45) is 21.7 Å². The molecule has 28 heavy (non-hydrogen) atoms. The molecule has 0 bridgehead atoms. The van der Waals surface area contributed by atoms with Crippen LogP contribution in [0.5, 0.6) is 0 Å². The Labute approximate surface area is 183 Å². The molecule has 1 aliphatic heterocycles. The van der Waals surface area contributed by atoms with Crippen LogP contribution in [-0.4, -0.2) is 17.3 Å². The second kappa shape index (κ2) is 6.73. The normalized spacial score (nSPS) is 28.6. The molecule has 4 rings (SSSR count). The fourth-order valence-corrected chi connectivity index (χ4v) is 5.72. The Morgan fingerprint density at radius 2 is 1.57 bits per heavy atom. The minimum atomic E-state index is -0.315. The Kier molecular flexibility index (Phi) is 4.86. The van der Waals surface area contributed by atoms with Crippen LogP contribution in [0.25, 0.3) is 0 Å². The molecule has 0 saturated heterocycles. The van der Waals surface area contributed by atoms with Gasteiger partial charge in [0.2, 0.25) is 0 Å². The second-order valence-corrected chi connectivity index (χ2v) is 11.7. The minimum Gasteiger partial charge on any atom is -0.299 e. The van der Waals surface area contributed by atoms with E-state index in [2.05, 4.69) is 59.6 Å². The fraction of sp³-hybridized carbons (Fsp3) is 0.522. The van der Waals surface area contributed by atoms with Crippen molar-refractivity contribution in [3.8, 4) is 0 Å². The summed E-state index contributed by atoms with van der Waals surface area (Å²) in [5.41, 5.74) is 3.49. The molecular weight excluding hydrogens is 482 g/mol. The molecule has 1 aromatic rings. The molecule has 1 aromatic carbocycles. The number of nitrogens with zero attached hydrogens (tertiary/aromatic N) is 1. The van der Waals surface area contributed by atoms with Gasteiger partial charge in [-0.1, -0.05) is 33.8 Å². The van der Waals surface area contributed by atoms with Crippen LogP contribution in [0, 0.1) is 16.7 Å². The van der Waals surface area contributed by atoms with Crippen molar-refractivity contribution in [3.63, 3.8) is 0 Å². The van der Waals surface area contributed by atoms with Gasteiger partial charge in [-0.15, -0.1) is 0 Å². The number of ketones is 2. The van der Waals surface area contributed by atoms with Crippen molar-refractivity contribution in [2.45, 2.75) is 59.3 Å². The number of hydrogen-bond donors (Lipinski definition) is 0. The Morgan fingerprint density at radius 3 is 2.25 bits per heavy atom. The van der Waals surface area contributed by atoms with E-state index in [0.717, 1.165) is 44.3 Å². The maximum absolute atomic E-state index is 13.3. The van der Waals surface area contributed by atoms with Crippen molar-refractivity contribution in [3.05, 3.63) is 44.0 Å². The van der Waals surface area contributed by atoms with Crippen LogP contribution in [0.15, 0.2) is 43.4 Å². The molecule has 2 atom stereocenters. The van der Waals surface area contributed by atoms with E-state index in [1.165, 1.54) is 0 Å². The van der Waals surface area contributed by atoms with Crippen LogP contribution in [0.3, 0.4) is 0 Å². The number of rotatable bonds is 1. The highest BCUT2D eigenvalue weighted by Crippen LogP contribution is 2.51. The number of hydrogen-bond acceptors (Lipinski definition) is 3. The Hall–Kier alpha value is -1.07. The maximum atomic E-state index is 13.3. The quantitative estimate of drug-likeness (QED) is 0.442. The fourth-order valence-electron chi connectivity index (χ4n) is 5.08. The summed E-state index contributed by atoms with van der Waals surface area (Å²) in [5, 5.41) is 0. The van der Waals surface area contributed by atoms with E-state index in [1.54, 1.807) is 0 Å². The second-order valence-electron chi connectivity index (χ2n) is 10.0. The third kappa shape index (κ3) is 3.49. The highest BCUT2D eigenvalue weighted by Gasteiger charge is 2.49. The summed E-state index contributed by atoms with van der Waals surface area (Å²) in [6.07, 6.45) is 2.64. The van der Waals surface area contributed by atoms with Crippen molar-refractivity contribution >= 4 is 49.1 Å². The first-order chi connectivity index (χ1) is 13.0. The lowest BCUT2D eigenvalue weighted by molar-refractivity contribution is -0.124. The SMILES string of the molecule is CC1(C)CC(=O)C2C(=NC3=C(C(=O)CC(C)(C)C3)C2c2ccc(Br)c(Br)c2)C1. The molecule has 0 radical (unpaired) electrons. The summed E-state index contributed by atoms with van der Waals surface area (Å²) in [6, 6.07) is 6.06. The number of benzene rings is 1. The molecule has 0 amide bonds. The van der Waals surface area contributed by atoms with Gasteiger partial charge in [-0.2, -0.15) is 0 Å². The zero-order valence-electron chi connectivity index (χ0n) is 16.7. The molecule has 1 heterocycles. The third-order valence-electron chi connectivity index (χ3n) is 6.14. The molecule has 5 heteroatoms. The zero-order chi connectivity index (χ0) is 20.4. The van der Waals surface area contributed by atoms with Gasteiger partial charge in [0.15, 0.2) is 5.78 Å². The highest BCUT2D eigenvalue weighted by atomic mass is 79.9. The van der Waals surface area contributed by atoms with Crippen LogP contribution in [0.2, 0.25) is 0 Å². The first kappa shape index (κ1) is 20.2. The van der Waals surface area contributed by atoms with Crippen molar-refractivity contribution in [1.29, 1.82) is 0 Å². The van der Waals surface area contributed by atoms with E-state index in [4.69, 9.17) is 4.99 Å². The van der Waals surface area contributed by atoms with Crippen LogP contribution in [0.1, 0.15) is 64.9 Å². The van der Waals surface area contributed by atoms with Gasteiger partial charge in [0.05, 0.1) is 5.92 Å². The first-order valence-corrected chi connectivity index (χ1v) is 11.4. The van der Waals surface area contributed by atoms with E-state index >= 15 is 0 Å². The van der Waals surface area contributed by atoms with E-state index in [9.17, 15) is 9.59 Å². The van der Waals surface area contributed by atoms with Gasteiger partial charge in [0, 0.05) is 44.7 Å². The van der Waals surface area contributed by atoms with Crippen molar-refractivity contribution < 1.29 is 9.59 Å². The van der Waals surface area contributed by atoms with Crippen LogP contribution >= 0.6 is 31.9 Å². The molecular formula is C23H25Br2NO2. The van der Waals surface area contributed by atoms with Gasteiger partial charge in [0.1, 0.15) is 5.78 Å². The molecule has 3 nitrogen and oxygen atoms in total. The Morgan fingerprint density at radius 1 is 0.893 bits per heavy atom. The molecule has 2 unspecified atom stereocenters. The van der Waals surface area contributed by atoms with Crippen LogP contribution in [-0.2, 0) is 9.59 Å². The molecule has 2 aliphatic carbocycles. The molecule has 1 fully saturated rings. The molecule has 148 valence electrons. The summed E-state index contributed by atoms with van der Waals surface area (Å²) in [6.45, 7) is 8.52. The monoisotopic (exact) mass is 505 g/mol. The lowest BCUT2D eigenvalue weighted by atomic mass is 9.60. The standard InChI is InChI=1S/C23H25Br2NO2/c1-22(2)8-15-20(17(27)10-22)19(12-5-6-13(24)14(25)7-12)21-16(26-15)9-23(3,4)11-18(21)28/h5-7,19-20H,8-11H2,1-4H3. The summed E-state index contributed by atoms with van der Waals surface area (Å²) in [7, 11) is 0. The summed E-state index contributed by atoms with van der Waals surface area (Å²) in [5.74, 6) is -0.178. The van der Waals surface area contributed by atoms with Gasteiger partial charge in [-0.05, 0) is 73.2 Å². The van der Waals surface area contributed by atoms with E-state index < -0.39 is 0 Å². The minimum absolute atomic E-state index is 0.0798. The average molecular weight is 507 g/mol. The number of fused-ring (bicyclic) bond motifs is 1. The summed E-state index contributed by atoms with van der Waals surface area (Å²) in [4.78, 5) is 31.4. The van der Waals surface area contributed by atoms with Crippen molar-refractivity contribution in [1.82, 2.24) is 0 Å². The first-order valence-electron chi connectivity index (χ1n) is 9.79. The molecule has 3 aliphatic rings. The summed E-state index contributed by atoms with van der Waals surface area (Å²) >= 11 is 7.12. The van der Waals surface area contributed by atoms with Crippen molar-refractivity contribution in [2.75, 3.05) is 0 Å². The van der Waals surface area contributed by atoms with Gasteiger partial charge in [0.25, 0.3) is 0 Å². The largest absolute Gasteiger partial charge is 0.299 e. The van der Waals surface area contributed by atoms with Gasteiger partial charge in [-0.3, -0.25) is 14.6 Å². The maximum Gasteiger partial charge on any atom is 0.161 e. The highest BCUT2D eigenvalue weighted by molar-refractivity contribution is 9.13. The lowest BCUT2D eigenvalue weighted by Crippen LogP contribution is -2.45. The summed E-state index contributed by atoms with van der Waals surface area (Å²) < 4.78 is 1.89. The van der Waals surface area contributed by atoms with E-state index in [-0.39, 0.29) is 34.2 Å². The van der Waals surface area contributed by atoms with Gasteiger partial charge < -0.3 is 0 Å². The average Bonchev–Trinajstić information content (AvgIpc) is 2.53. The molecule has 0 N–H and O–H groups in total. The number of allylic oxidation sites excluding steroid dienone is 2. The van der Waals surface area contributed by atoms with Gasteiger partial charge in [-0.25, -0.2) is 0 Å². The predicted molar refractivity (Wildman–Crippen MR) is 119 cm³/mol. The number of carbonyl (C=O) groups is 2. The third-order valence-corrected chi connectivity index (χ3v) is 8.02. The number of halogens is 2. The zero-order valence-corrected chi connectivity index (χ0v) is 19.9. The smallest absolute Gasteiger partial charge is 0.161 e. The van der Waals surface area contributed by atoms with Crippen LogP contribution in [0.4, 0.5) is 0 Å². The Balaban J connectivity index is 1.92. The molecule has 1 saturated carbocycles. The molecule has 0 aromatic heterocycles. The topological polar surface area (TPSA) is 46.5 Å². The predicted octanol–water partition coefficient (Wildman–Crippen LogP) is 6.40. The van der Waals surface area contributed by atoms with Gasteiger partial charge >= 0.3 is 0 Å². The lowest BCUT2D eigenvalue weighted by Gasteiger charge is -2.44. The Bertz CT molecular complexity index is 955. The van der Waals surface area contributed by atoms with E-state index in [1.807, 2.05) is 18.2 Å². The molecule has 0 spiro atoms. The number of carbonyl (C=O) groups excluding carboxylic acids is 2. The van der Waals surface area contributed by atoms with E-state index in [0.29, 0.717) is 12.8 Å². The van der Waals surface area contributed by atoms with Crippen LogP contribution < -0.4 is 0 Å². The number of aliphatic imine (C=N–C) groups is 1.